The molecule has 0 amide bonds. The van der Waals surface area contributed by atoms with Crippen molar-refractivity contribution < 1.29 is 54.6 Å². The van der Waals surface area contributed by atoms with E-state index in [1.165, 1.54) is 35.1 Å². The van der Waals surface area contributed by atoms with Gasteiger partial charge in [0.15, 0.2) is 0 Å². The van der Waals surface area contributed by atoms with E-state index in [1.807, 2.05) is 76.2 Å². The van der Waals surface area contributed by atoms with Crippen molar-refractivity contribution in [1.82, 2.24) is 9.80 Å². The van der Waals surface area contributed by atoms with E-state index in [9.17, 15) is 36.0 Å². The first-order chi connectivity index (χ1) is 33.8. The molecule has 4 unspecified atom stereocenters. The SMILES string of the molecule is CC1(C)C2CCC1(CS(=O)(=O)O)C(=O)C2.CC1(C)C2CCC1(CS(=O)(=O)O)C(=O)C2.COC(=O)[C@H](c1ccccc1Cl)N1CCc2sccc2C1.COC(=O)[C@H](c1ccccc1Cl)N1CCc2sccc2C1.S.S.S. The van der Waals surface area contributed by atoms with Gasteiger partial charge in [-0.1, -0.05) is 87.3 Å². The van der Waals surface area contributed by atoms with Gasteiger partial charge in [-0.2, -0.15) is 57.3 Å². The summed E-state index contributed by atoms with van der Waals surface area (Å²) in [6, 6.07) is 18.3. The van der Waals surface area contributed by atoms with Crippen LogP contribution in [-0.4, -0.2) is 98.1 Å². The molecular weight excluding hydrogens is 1140 g/mol. The fourth-order valence-electron chi connectivity index (χ4n) is 12.4. The Morgan fingerprint density at radius 3 is 1.27 bits per heavy atom. The van der Waals surface area contributed by atoms with Crippen LogP contribution in [-0.2, 0) is 74.8 Å². The summed E-state index contributed by atoms with van der Waals surface area (Å²) >= 11 is 16.1. The Bertz CT molecular complexity index is 2720. The number of rotatable bonds is 10. The summed E-state index contributed by atoms with van der Waals surface area (Å²) in [5, 5.41) is 5.42. The van der Waals surface area contributed by atoms with E-state index in [-0.39, 0.29) is 86.7 Å². The van der Waals surface area contributed by atoms with Crippen LogP contribution >= 0.6 is 86.4 Å². The first kappa shape index (κ1) is 65.0. The third kappa shape index (κ3) is 13.6. The van der Waals surface area contributed by atoms with Crippen molar-refractivity contribution in [2.45, 2.75) is 104 Å². The molecule has 75 heavy (non-hydrogen) atoms. The Hall–Kier alpha value is -2.51. The van der Waals surface area contributed by atoms with E-state index in [0.29, 0.717) is 35.7 Å². The van der Waals surface area contributed by atoms with Crippen LogP contribution in [0.15, 0.2) is 71.4 Å². The molecule has 2 aromatic heterocycles. The Balaban J connectivity index is 0.000000216. The number of benzene rings is 2. The first-order valence-electron chi connectivity index (χ1n) is 24.0. The number of methoxy groups -OCH3 is 2. The van der Waals surface area contributed by atoms with Gasteiger partial charge in [0.1, 0.15) is 23.7 Å². The predicted octanol–water partition coefficient (Wildman–Crippen LogP) is 10.2. The number of halogens is 2. The summed E-state index contributed by atoms with van der Waals surface area (Å²) in [6.07, 6.45) is 5.87. The van der Waals surface area contributed by atoms with Crippen LogP contribution in [0.4, 0.5) is 0 Å². The minimum Gasteiger partial charge on any atom is -0.468 e. The highest BCUT2D eigenvalue weighted by molar-refractivity contribution is 7.86. The fourth-order valence-corrected chi connectivity index (χ4v) is 17.2. The molecule has 0 saturated heterocycles. The number of hydrogen-bond donors (Lipinski definition) is 2. The Kier molecular flexibility index (Phi) is 22.3. The van der Waals surface area contributed by atoms with Crippen molar-refractivity contribution in [3.63, 3.8) is 0 Å². The summed E-state index contributed by atoms with van der Waals surface area (Å²) in [7, 11) is -5.31. The van der Waals surface area contributed by atoms with Crippen molar-refractivity contribution in [1.29, 1.82) is 0 Å². The molecule has 0 radical (unpaired) electrons. The van der Waals surface area contributed by atoms with Crippen molar-refractivity contribution in [3.8, 4) is 0 Å². The van der Waals surface area contributed by atoms with Crippen LogP contribution in [0.5, 0.6) is 0 Å². The van der Waals surface area contributed by atoms with Gasteiger partial charge in [0.05, 0.1) is 36.6 Å². The molecule has 4 heterocycles. The number of thiophene rings is 2. The molecule has 0 spiro atoms. The maximum absolute atomic E-state index is 12.3. The molecule has 4 aromatic rings. The summed E-state index contributed by atoms with van der Waals surface area (Å²) in [4.78, 5) is 55.4. The lowest BCUT2D eigenvalue weighted by Crippen LogP contribution is -2.42. The average Bonchev–Trinajstić information content (AvgIpc) is 4.14. The third-order valence-electron chi connectivity index (χ3n) is 16.8. The second-order valence-corrected chi connectivity index (χ2v) is 26.6. The van der Waals surface area contributed by atoms with Gasteiger partial charge in [0.2, 0.25) is 0 Å². The van der Waals surface area contributed by atoms with E-state index >= 15 is 0 Å². The number of ether oxygens (including phenoxy) is 2. The monoisotopic (exact) mass is 1210 g/mol. The molecule has 4 aliphatic carbocycles. The highest BCUT2D eigenvalue weighted by Gasteiger charge is 2.66. The van der Waals surface area contributed by atoms with Crippen molar-refractivity contribution >= 4 is 130 Å². The minimum atomic E-state index is -4.08. The molecule has 4 bridgehead atoms. The Morgan fingerprint density at radius 2 is 0.987 bits per heavy atom. The van der Waals surface area contributed by atoms with Gasteiger partial charge in [-0.15, -0.1) is 22.7 Å². The lowest BCUT2D eigenvalue weighted by Gasteiger charge is -2.35. The Labute approximate surface area is 480 Å². The topological polar surface area (TPSA) is 202 Å². The van der Waals surface area contributed by atoms with Gasteiger partial charge < -0.3 is 9.47 Å². The lowest BCUT2D eigenvalue weighted by molar-refractivity contribution is -0.148. The molecular formula is C52H70Cl2N2O12S7. The molecule has 2 aromatic carbocycles. The summed E-state index contributed by atoms with van der Waals surface area (Å²) < 4.78 is 72.0. The molecule has 4 saturated carbocycles. The lowest BCUT2D eigenvalue weighted by atomic mass is 9.70. The molecule has 4 fully saturated rings. The van der Waals surface area contributed by atoms with E-state index < -0.39 is 54.7 Å². The van der Waals surface area contributed by atoms with Gasteiger partial charge in [-0.3, -0.25) is 28.5 Å². The molecule has 10 rings (SSSR count). The molecule has 6 atom stereocenters. The van der Waals surface area contributed by atoms with Gasteiger partial charge in [0, 0.05) is 58.8 Å². The van der Waals surface area contributed by atoms with Gasteiger partial charge in [-0.05, 0) is 118 Å². The highest BCUT2D eigenvalue weighted by atomic mass is 35.5. The second-order valence-electron chi connectivity index (χ2n) is 20.9. The van der Waals surface area contributed by atoms with Gasteiger partial charge >= 0.3 is 11.9 Å². The summed E-state index contributed by atoms with van der Waals surface area (Å²) in [5.41, 5.74) is 1.98. The zero-order valence-corrected chi connectivity index (χ0v) is 50.7. The van der Waals surface area contributed by atoms with Crippen molar-refractivity contribution in [3.05, 3.63) is 113 Å². The zero-order valence-electron chi connectivity index (χ0n) is 42.9. The first-order valence-corrected chi connectivity index (χ1v) is 29.7. The number of esters is 2. The summed E-state index contributed by atoms with van der Waals surface area (Å²) in [5.74, 6) is -0.727. The van der Waals surface area contributed by atoms with E-state index in [2.05, 4.69) is 32.7 Å². The van der Waals surface area contributed by atoms with Crippen LogP contribution in [0.25, 0.3) is 0 Å². The number of nitrogens with zero attached hydrogens (tertiary/aromatic N) is 2. The molecule has 6 aliphatic rings. The van der Waals surface area contributed by atoms with Crippen molar-refractivity contribution in [2.24, 2.45) is 33.5 Å². The quantitative estimate of drug-likeness (QED) is 0.112. The second kappa shape index (κ2) is 25.7. The van der Waals surface area contributed by atoms with Crippen LogP contribution in [0.2, 0.25) is 10.0 Å². The smallest absolute Gasteiger partial charge is 0.327 e. The number of ketones is 2. The standard InChI is InChI=1S/2C16H16ClNO2S.2C10H16O4S.3H2S/c2*1-20-16(19)15(12-4-2-3-5-13(12)17)18-8-6-14-11(10-18)7-9-21-14;2*1-9(2)7-3-4-10(9,8(11)5-7)6-15(12,13)14;;;/h2*2-5,7,9,15H,6,8,10H2,1H3;2*7H,3-6H2,1-2H3,(H,12,13,14);3*1H2/t2*15-;;;;;/m00...../s1. The average molecular weight is 1210 g/mol. The number of carbonyl (C=O) groups is 4. The largest absolute Gasteiger partial charge is 0.468 e. The molecule has 2 aliphatic heterocycles. The molecule has 416 valence electrons. The Morgan fingerprint density at radius 1 is 0.640 bits per heavy atom. The highest BCUT2D eigenvalue weighted by Crippen LogP contribution is 2.65. The van der Waals surface area contributed by atoms with Crippen molar-refractivity contribution in [2.75, 3.05) is 38.8 Å². The van der Waals surface area contributed by atoms with Gasteiger partial charge in [-0.25, -0.2) is 9.59 Å². The van der Waals surface area contributed by atoms with Crippen LogP contribution in [0.3, 0.4) is 0 Å². The fraction of sp³-hybridized carbons (Fsp3) is 0.538. The van der Waals surface area contributed by atoms with Crippen LogP contribution < -0.4 is 0 Å². The number of Topliss-reactive ketones (excluding diaryl/α,β-unsaturated/α-hetero) is 2. The predicted molar refractivity (Wildman–Crippen MR) is 310 cm³/mol. The number of fused-ring (bicyclic) bond motifs is 6. The third-order valence-corrected chi connectivity index (χ3v) is 21.2. The maximum Gasteiger partial charge on any atom is 0.327 e. The van der Waals surface area contributed by atoms with E-state index in [0.717, 1.165) is 63.0 Å². The number of carbonyl (C=O) groups excluding carboxylic acids is 4. The maximum atomic E-state index is 12.3. The zero-order chi connectivity index (χ0) is 52.6. The van der Waals surface area contributed by atoms with E-state index in [1.54, 1.807) is 22.7 Å². The normalized spacial score (nSPS) is 24.6. The minimum absolute atomic E-state index is 0. The number of hydrogen-bond acceptors (Lipinski definition) is 14. The van der Waals surface area contributed by atoms with Gasteiger partial charge in [0.25, 0.3) is 20.2 Å². The van der Waals surface area contributed by atoms with E-state index in [4.69, 9.17) is 41.8 Å². The molecule has 2 N–H and O–H groups in total. The molecule has 23 heteroatoms. The van der Waals surface area contributed by atoms with Crippen LogP contribution in [0.1, 0.15) is 110 Å². The van der Waals surface area contributed by atoms with Crippen LogP contribution in [0, 0.1) is 33.5 Å². The molecule has 14 nitrogen and oxygen atoms in total. The summed E-state index contributed by atoms with van der Waals surface area (Å²) in [6.45, 7) is 11.0.